The van der Waals surface area contributed by atoms with Gasteiger partial charge in [-0.3, -0.25) is 4.79 Å². The SMILES string of the molecule is COc1ccc(C(=O)N2CCCC(C)CC2)c(N)c1. The zero-order valence-corrected chi connectivity index (χ0v) is 11.7. The first-order chi connectivity index (χ1) is 9.11. The summed E-state index contributed by atoms with van der Waals surface area (Å²) < 4.78 is 5.10. The smallest absolute Gasteiger partial charge is 0.255 e. The Bertz CT molecular complexity index is 459. The van der Waals surface area contributed by atoms with E-state index in [4.69, 9.17) is 10.5 Å². The van der Waals surface area contributed by atoms with E-state index in [0.29, 0.717) is 22.9 Å². The van der Waals surface area contributed by atoms with Crippen molar-refractivity contribution in [2.75, 3.05) is 25.9 Å². The minimum absolute atomic E-state index is 0.0363. The number of hydrogen-bond donors (Lipinski definition) is 1. The summed E-state index contributed by atoms with van der Waals surface area (Å²) in [6.45, 7) is 3.90. The summed E-state index contributed by atoms with van der Waals surface area (Å²) in [5, 5.41) is 0. The second kappa shape index (κ2) is 5.95. The molecule has 0 spiro atoms. The molecule has 4 heteroatoms. The first kappa shape index (κ1) is 13.7. The van der Waals surface area contributed by atoms with E-state index >= 15 is 0 Å². The molecule has 2 N–H and O–H groups in total. The molecular weight excluding hydrogens is 240 g/mol. The number of likely N-dealkylation sites (tertiary alicyclic amines) is 1. The van der Waals surface area contributed by atoms with Crippen molar-refractivity contribution in [3.8, 4) is 5.75 Å². The van der Waals surface area contributed by atoms with Crippen LogP contribution in [0.2, 0.25) is 0 Å². The molecule has 1 aliphatic rings. The van der Waals surface area contributed by atoms with Gasteiger partial charge in [0.05, 0.1) is 12.7 Å². The quantitative estimate of drug-likeness (QED) is 0.833. The number of rotatable bonds is 2. The number of anilines is 1. The van der Waals surface area contributed by atoms with Crippen LogP contribution >= 0.6 is 0 Å². The van der Waals surface area contributed by atoms with Crippen molar-refractivity contribution in [3.63, 3.8) is 0 Å². The number of carbonyl (C=O) groups excluding carboxylic acids is 1. The molecule has 1 fully saturated rings. The first-order valence-corrected chi connectivity index (χ1v) is 6.84. The Labute approximate surface area is 114 Å². The highest BCUT2D eigenvalue weighted by atomic mass is 16.5. The third-order valence-electron chi connectivity index (χ3n) is 3.79. The lowest BCUT2D eigenvalue weighted by Crippen LogP contribution is -2.32. The average molecular weight is 262 g/mol. The Morgan fingerprint density at radius 3 is 2.84 bits per heavy atom. The van der Waals surface area contributed by atoms with Crippen LogP contribution in [0, 0.1) is 5.92 Å². The topological polar surface area (TPSA) is 55.6 Å². The molecule has 1 aliphatic heterocycles. The van der Waals surface area contributed by atoms with Gasteiger partial charge < -0.3 is 15.4 Å². The monoisotopic (exact) mass is 262 g/mol. The molecule has 4 nitrogen and oxygen atoms in total. The molecule has 0 bridgehead atoms. The molecule has 19 heavy (non-hydrogen) atoms. The van der Waals surface area contributed by atoms with Gasteiger partial charge in [-0.05, 0) is 37.3 Å². The van der Waals surface area contributed by atoms with Crippen LogP contribution in [0.4, 0.5) is 5.69 Å². The number of benzene rings is 1. The number of nitrogen functional groups attached to an aromatic ring is 1. The lowest BCUT2D eigenvalue weighted by molar-refractivity contribution is 0.0761. The van der Waals surface area contributed by atoms with Gasteiger partial charge in [0.2, 0.25) is 0 Å². The lowest BCUT2D eigenvalue weighted by Gasteiger charge is -2.21. The highest BCUT2D eigenvalue weighted by Gasteiger charge is 2.21. The lowest BCUT2D eigenvalue weighted by atomic mass is 10.0. The largest absolute Gasteiger partial charge is 0.497 e. The van der Waals surface area contributed by atoms with Gasteiger partial charge in [-0.2, -0.15) is 0 Å². The number of hydrogen-bond acceptors (Lipinski definition) is 3. The van der Waals surface area contributed by atoms with Gasteiger partial charge in [0.1, 0.15) is 5.75 Å². The summed E-state index contributed by atoms with van der Waals surface area (Å²) in [4.78, 5) is 14.4. The third kappa shape index (κ3) is 3.19. The van der Waals surface area contributed by atoms with Gasteiger partial charge in [-0.1, -0.05) is 6.92 Å². The Morgan fingerprint density at radius 2 is 2.16 bits per heavy atom. The fraction of sp³-hybridized carbons (Fsp3) is 0.533. The van der Waals surface area contributed by atoms with Gasteiger partial charge >= 0.3 is 0 Å². The second-order valence-electron chi connectivity index (χ2n) is 5.28. The fourth-order valence-corrected chi connectivity index (χ4v) is 2.50. The Morgan fingerprint density at radius 1 is 1.37 bits per heavy atom. The van der Waals surface area contributed by atoms with Crippen molar-refractivity contribution in [1.29, 1.82) is 0 Å². The van der Waals surface area contributed by atoms with E-state index < -0.39 is 0 Å². The van der Waals surface area contributed by atoms with E-state index in [1.54, 1.807) is 25.3 Å². The van der Waals surface area contributed by atoms with E-state index in [2.05, 4.69) is 6.92 Å². The van der Waals surface area contributed by atoms with Crippen molar-refractivity contribution in [1.82, 2.24) is 4.90 Å². The Kier molecular flexibility index (Phi) is 4.30. The molecule has 0 aliphatic carbocycles. The fourth-order valence-electron chi connectivity index (χ4n) is 2.50. The van der Waals surface area contributed by atoms with E-state index in [0.717, 1.165) is 25.9 Å². The van der Waals surface area contributed by atoms with E-state index in [1.807, 2.05) is 4.90 Å². The van der Waals surface area contributed by atoms with Crippen LogP contribution in [0.1, 0.15) is 36.5 Å². The van der Waals surface area contributed by atoms with Gasteiger partial charge in [0.15, 0.2) is 0 Å². The summed E-state index contributed by atoms with van der Waals surface area (Å²) >= 11 is 0. The van der Waals surface area contributed by atoms with Crippen LogP contribution in [0.3, 0.4) is 0 Å². The summed E-state index contributed by atoms with van der Waals surface area (Å²) in [6, 6.07) is 5.24. The standard InChI is InChI=1S/C15H22N2O2/c1-11-4-3-8-17(9-7-11)15(18)13-6-5-12(19-2)10-14(13)16/h5-6,10-11H,3-4,7-9,16H2,1-2H3. The van der Waals surface area contributed by atoms with Crippen LogP contribution in [0.15, 0.2) is 18.2 Å². The minimum Gasteiger partial charge on any atom is -0.497 e. The van der Waals surface area contributed by atoms with Gasteiger partial charge in [0.25, 0.3) is 5.91 Å². The van der Waals surface area contributed by atoms with Crippen molar-refractivity contribution >= 4 is 11.6 Å². The highest BCUT2D eigenvalue weighted by molar-refractivity contribution is 5.99. The van der Waals surface area contributed by atoms with Gasteiger partial charge in [-0.25, -0.2) is 0 Å². The zero-order valence-electron chi connectivity index (χ0n) is 11.7. The second-order valence-corrected chi connectivity index (χ2v) is 5.28. The normalized spacial score (nSPS) is 19.9. The Balaban J connectivity index is 2.14. The molecule has 2 rings (SSSR count). The number of methoxy groups -OCH3 is 1. The van der Waals surface area contributed by atoms with Crippen LogP contribution in [0.5, 0.6) is 5.75 Å². The summed E-state index contributed by atoms with van der Waals surface area (Å²) in [6.07, 6.45) is 3.34. The van der Waals surface area contributed by atoms with Crippen LogP contribution in [-0.2, 0) is 0 Å². The summed E-state index contributed by atoms with van der Waals surface area (Å²) in [5.41, 5.74) is 7.01. The maximum absolute atomic E-state index is 12.5. The predicted molar refractivity (Wildman–Crippen MR) is 76.3 cm³/mol. The molecule has 0 saturated carbocycles. The molecule has 104 valence electrons. The number of ether oxygens (including phenoxy) is 1. The number of carbonyl (C=O) groups is 1. The molecule has 1 unspecified atom stereocenters. The number of amides is 1. The molecule has 1 atom stereocenters. The predicted octanol–water partition coefficient (Wildman–Crippen LogP) is 2.54. The minimum atomic E-state index is 0.0363. The van der Waals surface area contributed by atoms with Crippen LogP contribution < -0.4 is 10.5 Å². The first-order valence-electron chi connectivity index (χ1n) is 6.84. The molecule has 0 aromatic heterocycles. The zero-order chi connectivity index (χ0) is 13.8. The average Bonchev–Trinajstić information content (AvgIpc) is 2.62. The van der Waals surface area contributed by atoms with Gasteiger partial charge in [0, 0.05) is 24.8 Å². The number of nitrogens with two attached hydrogens (primary N) is 1. The van der Waals surface area contributed by atoms with Crippen molar-refractivity contribution in [2.24, 2.45) is 5.92 Å². The highest BCUT2D eigenvalue weighted by Crippen LogP contribution is 2.23. The van der Waals surface area contributed by atoms with Crippen LogP contribution in [-0.4, -0.2) is 31.0 Å². The van der Waals surface area contributed by atoms with Gasteiger partial charge in [-0.15, -0.1) is 0 Å². The molecule has 1 heterocycles. The van der Waals surface area contributed by atoms with E-state index in [9.17, 15) is 4.79 Å². The molecule has 1 saturated heterocycles. The summed E-state index contributed by atoms with van der Waals surface area (Å²) in [5.74, 6) is 1.42. The molecule has 0 radical (unpaired) electrons. The Hall–Kier alpha value is -1.71. The van der Waals surface area contributed by atoms with E-state index in [-0.39, 0.29) is 5.91 Å². The van der Waals surface area contributed by atoms with Crippen molar-refractivity contribution in [2.45, 2.75) is 26.2 Å². The maximum Gasteiger partial charge on any atom is 0.255 e. The summed E-state index contributed by atoms with van der Waals surface area (Å²) in [7, 11) is 1.59. The van der Waals surface area contributed by atoms with Crippen LogP contribution in [0.25, 0.3) is 0 Å². The molecule has 1 amide bonds. The maximum atomic E-state index is 12.5. The molecule has 1 aromatic rings. The van der Waals surface area contributed by atoms with E-state index in [1.165, 1.54) is 6.42 Å². The molecular formula is C15H22N2O2. The third-order valence-corrected chi connectivity index (χ3v) is 3.79. The number of nitrogens with zero attached hydrogens (tertiary/aromatic N) is 1. The van der Waals surface area contributed by atoms with Crippen molar-refractivity contribution in [3.05, 3.63) is 23.8 Å². The van der Waals surface area contributed by atoms with Crippen molar-refractivity contribution < 1.29 is 9.53 Å². The molecule has 1 aromatic carbocycles.